The molecule has 0 saturated carbocycles. The first-order valence-corrected chi connectivity index (χ1v) is 5.00. The van der Waals surface area contributed by atoms with E-state index in [4.69, 9.17) is 11.6 Å². The Bertz CT molecular complexity index is 484. The SMILES string of the molecule is CC=Cc1c(Cl)ccc2ccccc12. The van der Waals surface area contributed by atoms with Crippen molar-refractivity contribution in [3.05, 3.63) is 53.1 Å². The Morgan fingerprint density at radius 1 is 1.07 bits per heavy atom. The van der Waals surface area contributed by atoms with Crippen LogP contribution in [-0.4, -0.2) is 0 Å². The second kappa shape index (κ2) is 3.85. The summed E-state index contributed by atoms with van der Waals surface area (Å²) in [7, 11) is 0. The second-order valence-electron chi connectivity index (χ2n) is 3.18. The maximum absolute atomic E-state index is 6.13. The third-order valence-electron chi connectivity index (χ3n) is 2.25. The van der Waals surface area contributed by atoms with E-state index in [0.29, 0.717) is 0 Å². The Labute approximate surface area is 88.8 Å². The van der Waals surface area contributed by atoms with Crippen molar-refractivity contribution in [1.82, 2.24) is 0 Å². The van der Waals surface area contributed by atoms with Crippen LogP contribution in [0.1, 0.15) is 12.5 Å². The number of hydrogen-bond donors (Lipinski definition) is 0. The first kappa shape index (κ1) is 9.29. The van der Waals surface area contributed by atoms with Gasteiger partial charge in [0.15, 0.2) is 0 Å². The summed E-state index contributed by atoms with van der Waals surface area (Å²) in [5.74, 6) is 0. The first-order chi connectivity index (χ1) is 6.83. The van der Waals surface area contributed by atoms with Crippen LogP contribution in [0.4, 0.5) is 0 Å². The van der Waals surface area contributed by atoms with Crippen LogP contribution >= 0.6 is 11.6 Å². The molecule has 0 unspecified atom stereocenters. The lowest BCUT2D eigenvalue weighted by Gasteiger charge is -2.04. The Balaban J connectivity index is 2.82. The van der Waals surface area contributed by atoms with Crippen LogP contribution in [0.25, 0.3) is 16.8 Å². The molecule has 0 nitrogen and oxygen atoms in total. The molecule has 1 heteroatoms. The fraction of sp³-hybridized carbons (Fsp3) is 0.0769. The van der Waals surface area contributed by atoms with E-state index in [1.807, 2.05) is 43.3 Å². The summed E-state index contributed by atoms with van der Waals surface area (Å²) < 4.78 is 0. The smallest absolute Gasteiger partial charge is 0.0484 e. The van der Waals surface area contributed by atoms with Gasteiger partial charge in [0, 0.05) is 10.6 Å². The van der Waals surface area contributed by atoms with Crippen molar-refractivity contribution in [2.45, 2.75) is 6.92 Å². The van der Waals surface area contributed by atoms with E-state index in [0.717, 1.165) is 10.6 Å². The van der Waals surface area contributed by atoms with Gasteiger partial charge in [0.05, 0.1) is 0 Å². The van der Waals surface area contributed by atoms with Crippen molar-refractivity contribution in [1.29, 1.82) is 0 Å². The largest absolute Gasteiger partial charge is 0.0870 e. The van der Waals surface area contributed by atoms with E-state index in [1.165, 1.54) is 10.8 Å². The summed E-state index contributed by atoms with van der Waals surface area (Å²) in [6.45, 7) is 2.00. The number of allylic oxidation sites excluding steroid dienone is 1. The molecule has 0 N–H and O–H groups in total. The quantitative estimate of drug-likeness (QED) is 0.638. The predicted molar refractivity (Wildman–Crippen MR) is 63.7 cm³/mol. The minimum absolute atomic E-state index is 0.807. The van der Waals surface area contributed by atoms with Crippen molar-refractivity contribution >= 4 is 28.4 Å². The summed E-state index contributed by atoms with van der Waals surface area (Å²) in [6.07, 6.45) is 4.05. The zero-order valence-corrected chi connectivity index (χ0v) is 8.75. The van der Waals surface area contributed by atoms with Gasteiger partial charge in [0.25, 0.3) is 0 Å². The Kier molecular flexibility index (Phi) is 2.55. The van der Waals surface area contributed by atoms with E-state index in [2.05, 4.69) is 12.1 Å². The lowest BCUT2D eigenvalue weighted by molar-refractivity contribution is 1.69. The van der Waals surface area contributed by atoms with Crippen LogP contribution in [0.5, 0.6) is 0 Å². The molecular weight excluding hydrogens is 192 g/mol. The first-order valence-electron chi connectivity index (χ1n) is 4.63. The van der Waals surface area contributed by atoms with E-state index in [1.54, 1.807) is 0 Å². The number of hydrogen-bond acceptors (Lipinski definition) is 0. The van der Waals surface area contributed by atoms with Crippen molar-refractivity contribution < 1.29 is 0 Å². The van der Waals surface area contributed by atoms with Gasteiger partial charge in [-0.1, -0.05) is 54.1 Å². The van der Waals surface area contributed by atoms with Crippen molar-refractivity contribution in [3.8, 4) is 0 Å². The van der Waals surface area contributed by atoms with Crippen LogP contribution in [-0.2, 0) is 0 Å². The number of benzene rings is 2. The molecule has 0 spiro atoms. The molecule has 0 aliphatic heterocycles. The maximum atomic E-state index is 6.13. The molecule has 0 atom stereocenters. The highest BCUT2D eigenvalue weighted by molar-refractivity contribution is 6.33. The number of rotatable bonds is 1. The molecule has 0 aliphatic rings. The molecule has 0 saturated heterocycles. The molecule has 2 aromatic carbocycles. The van der Waals surface area contributed by atoms with Gasteiger partial charge >= 0.3 is 0 Å². The van der Waals surface area contributed by atoms with E-state index < -0.39 is 0 Å². The van der Waals surface area contributed by atoms with Crippen molar-refractivity contribution in [3.63, 3.8) is 0 Å². The molecule has 14 heavy (non-hydrogen) atoms. The van der Waals surface area contributed by atoms with Crippen LogP contribution in [0, 0.1) is 0 Å². The highest BCUT2D eigenvalue weighted by Gasteiger charge is 2.01. The normalized spacial score (nSPS) is 11.3. The van der Waals surface area contributed by atoms with Crippen LogP contribution in [0.3, 0.4) is 0 Å². The molecule has 0 aliphatic carbocycles. The fourth-order valence-electron chi connectivity index (χ4n) is 1.61. The molecular formula is C13H11Cl. The Morgan fingerprint density at radius 3 is 2.64 bits per heavy atom. The summed E-state index contributed by atoms with van der Waals surface area (Å²) in [5.41, 5.74) is 1.10. The van der Waals surface area contributed by atoms with Gasteiger partial charge in [0.2, 0.25) is 0 Å². The van der Waals surface area contributed by atoms with Gasteiger partial charge in [-0.3, -0.25) is 0 Å². The van der Waals surface area contributed by atoms with Gasteiger partial charge in [-0.25, -0.2) is 0 Å². The molecule has 0 aromatic heterocycles. The van der Waals surface area contributed by atoms with Gasteiger partial charge in [0.1, 0.15) is 0 Å². The van der Waals surface area contributed by atoms with E-state index in [9.17, 15) is 0 Å². The van der Waals surface area contributed by atoms with Crippen molar-refractivity contribution in [2.24, 2.45) is 0 Å². The molecule has 0 heterocycles. The van der Waals surface area contributed by atoms with Crippen LogP contribution in [0.15, 0.2) is 42.5 Å². The highest BCUT2D eigenvalue weighted by Crippen LogP contribution is 2.27. The predicted octanol–water partition coefficient (Wildman–Crippen LogP) is 4.53. The minimum atomic E-state index is 0.807. The summed E-state index contributed by atoms with van der Waals surface area (Å²) >= 11 is 6.13. The molecule has 70 valence electrons. The second-order valence-corrected chi connectivity index (χ2v) is 3.59. The monoisotopic (exact) mass is 202 g/mol. The average molecular weight is 203 g/mol. The Hall–Kier alpha value is -1.27. The summed E-state index contributed by atoms with van der Waals surface area (Å²) in [6, 6.07) is 12.3. The minimum Gasteiger partial charge on any atom is -0.0870 e. The molecule has 0 amide bonds. The molecule has 0 radical (unpaired) electrons. The molecule has 2 rings (SSSR count). The van der Waals surface area contributed by atoms with Crippen LogP contribution < -0.4 is 0 Å². The van der Waals surface area contributed by atoms with E-state index in [-0.39, 0.29) is 0 Å². The number of fused-ring (bicyclic) bond motifs is 1. The Morgan fingerprint density at radius 2 is 1.86 bits per heavy atom. The highest BCUT2D eigenvalue weighted by atomic mass is 35.5. The standard InChI is InChI=1S/C13H11Cl/c1-2-5-12-11-7-4-3-6-10(11)8-9-13(12)14/h2-9H,1H3. The fourth-order valence-corrected chi connectivity index (χ4v) is 1.83. The molecule has 2 aromatic rings. The topological polar surface area (TPSA) is 0 Å². The zero-order chi connectivity index (χ0) is 9.97. The van der Waals surface area contributed by atoms with Gasteiger partial charge < -0.3 is 0 Å². The lowest BCUT2D eigenvalue weighted by Crippen LogP contribution is -1.79. The molecule has 0 bridgehead atoms. The van der Waals surface area contributed by atoms with Gasteiger partial charge in [-0.05, 0) is 23.8 Å². The van der Waals surface area contributed by atoms with Crippen molar-refractivity contribution in [2.75, 3.05) is 0 Å². The van der Waals surface area contributed by atoms with Gasteiger partial charge in [-0.15, -0.1) is 0 Å². The zero-order valence-electron chi connectivity index (χ0n) is 8.00. The van der Waals surface area contributed by atoms with E-state index >= 15 is 0 Å². The van der Waals surface area contributed by atoms with Gasteiger partial charge in [-0.2, -0.15) is 0 Å². The maximum Gasteiger partial charge on any atom is 0.0484 e. The lowest BCUT2D eigenvalue weighted by atomic mass is 10.0. The average Bonchev–Trinajstić information content (AvgIpc) is 2.23. The van der Waals surface area contributed by atoms with Crippen LogP contribution in [0.2, 0.25) is 5.02 Å². The molecule has 0 fully saturated rings. The third-order valence-corrected chi connectivity index (χ3v) is 2.58. The summed E-state index contributed by atoms with van der Waals surface area (Å²) in [4.78, 5) is 0. The number of halogens is 1. The summed E-state index contributed by atoms with van der Waals surface area (Å²) in [5, 5.41) is 3.24. The third kappa shape index (κ3) is 1.53.